The van der Waals surface area contributed by atoms with Crippen LogP contribution in [0.3, 0.4) is 0 Å². The normalized spacial score (nSPS) is 28.8. The zero-order valence-electron chi connectivity index (χ0n) is 5.86. The lowest BCUT2D eigenvalue weighted by molar-refractivity contribution is -0.0177. The molecule has 0 radical (unpaired) electrons. The molecule has 1 N–H and O–H groups in total. The van der Waals surface area contributed by atoms with Crippen LogP contribution in [0, 0.1) is 0 Å². The quantitative estimate of drug-likeness (QED) is 0.542. The lowest BCUT2D eigenvalue weighted by Crippen LogP contribution is -2.46. The zero-order chi connectivity index (χ0) is 7.40. The molecule has 0 amide bonds. The summed E-state index contributed by atoms with van der Waals surface area (Å²) in [6.45, 7) is 2.45. The number of morpholine rings is 1. The van der Waals surface area contributed by atoms with Gasteiger partial charge in [-0.15, -0.1) is 0 Å². The third-order valence-electron chi connectivity index (χ3n) is 1.74. The van der Waals surface area contributed by atoms with Crippen LogP contribution in [0.4, 0.5) is 0 Å². The van der Waals surface area contributed by atoms with Crippen LogP contribution in [0.25, 0.3) is 0 Å². The molecule has 0 spiro atoms. The number of nitrogens with zero attached hydrogens (tertiary/aromatic N) is 1. The molecule has 3 nitrogen and oxygen atoms in total. The van der Waals surface area contributed by atoms with Crippen molar-refractivity contribution in [3.63, 3.8) is 0 Å². The van der Waals surface area contributed by atoms with Gasteiger partial charge in [-0.2, -0.15) is 12.6 Å². The van der Waals surface area contributed by atoms with E-state index in [1.807, 2.05) is 0 Å². The first-order valence-corrected chi connectivity index (χ1v) is 4.05. The maximum atomic E-state index is 8.84. The first kappa shape index (κ1) is 8.33. The molecular weight excluding hydrogens is 150 g/mol. The Bertz CT molecular complexity index is 89.7. The van der Waals surface area contributed by atoms with Crippen LogP contribution in [0.5, 0.6) is 0 Å². The summed E-state index contributed by atoms with van der Waals surface area (Å²) in [5.41, 5.74) is 0. The summed E-state index contributed by atoms with van der Waals surface area (Å²) >= 11 is 4.14. The Morgan fingerprint density at radius 3 is 3.00 bits per heavy atom. The molecule has 0 saturated carbocycles. The number of hydrogen-bond donors (Lipinski definition) is 2. The summed E-state index contributed by atoms with van der Waals surface area (Å²) < 4.78 is 5.17. The van der Waals surface area contributed by atoms with Crippen LogP contribution in [0.2, 0.25) is 0 Å². The largest absolute Gasteiger partial charge is 0.395 e. The van der Waals surface area contributed by atoms with Gasteiger partial charge in [0.1, 0.15) is 0 Å². The Morgan fingerprint density at radius 2 is 2.50 bits per heavy atom. The van der Waals surface area contributed by atoms with Gasteiger partial charge in [0.15, 0.2) is 0 Å². The average molecular weight is 163 g/mol. The molecule has 0 aromatic rings. The molecule has 4 heteroatoms. The SMILES string of the molecule is OCC1COCCN1CS. The molecule has 1 saturated heterocycles. The van der Waals surface area contributed by atoms with Gasteiger partial charge in [0, 0.05) is 12.4 Å². The van der Waals surface area contributed by atoms with Crippen LogP contribution in [-0.4, -0.2) is 48.3 Å². The fourth-order valence-electron chi connectivity index (χ4n) is 1.04. The first-order chi connectivity index (χ1) is 4.88. The standard InChI is InChI=1S/C6H13NO2S/c8-3-6-4-9-2-1-7(6)5-10/h6,8,10H,1-5H2. The fraction of sp³-hybridized carbons (Fsp3) is 1.00. The number of thiol groups is 1. The number of ether oxygens (including phenoxy) is 1. The van der Waals surface area contributed by atoms with E-state index in [4.69, 9.17) is 9.84 Å². The second-order valence-corrected chi connectivity index (χ2v) is 2.65. The predicted molar refractivity (Wildman–Crippen MR) is 42.3 cm³/mol. The molecule has 1 rings (SSSR count). The molecule has 1 unspecified atom stereocenters. The van der Waals surface area contributed by atoms with Crippen LogP contribution < -0.4 is 0 Å². The highest BCUT2D eigenvalue weighted by Gasteiger charge is 2.20. The Morgan fingerprint density at radius 1 is 1.70 bits per heavy atom. The number of hydrogen-bond acceptors (Lipinski definition) is 4. The van der Waals surface area contributed by atoms with Crippen LogP contribution >= 0.6 is 12.6 Å². The molecule has 0 bridgehead atoms. The van der Waals surface area contributed by atoms with E-state index in [9.17, 15) is 0 Å². The minimum atomic E-state index is 0.159. The monoisotopic (exact) mass is 163 g/mol. The van der Waals surface area contributed by atoms with Crippen LogP contribution in [0.15, 0.2) is 0 Å². The lowest BCUT2D eigenvalue weighted by Gasteiger charge is -2.32. The van der Waals surface area contributed by atoms with E-state index in [1.54, 1.807) is 0 Å². The second-order valence-electron chi connectivity index (χ2n) is 2.37. The fourth-order valence-corrected chi connectivity index (χ4v) is 1.42. The highest BCUT2D eigenvalue weighted by molar-refractivity contribution is 7.80. The van der Waals surface area contributed by atoms with E-state index in [2.05, 4.69) is 17.5 Å². The Hall–Kier alpha value is 0.230. The minimum absolute atomic E-state index is 0.159. The van der Waals surface area contributed by atoms with Gasteiger partial charge in [0.2, 0.25) is 0 Å². The van der Waals surface area contributed by atoms with Crippen molar-refractivity contribution in [3.8, 4) is 0 Å². The number of aliphatic hydroxyl groups is 1. The van der Waals surface area contributed by atoms with Crippen molar-refractivity contribution in [2.45, 2.75) is 6.04 Å². The first-order valence-electron chi connectivity index (χ1n) is 3.42. The highest BCUT2D eigenvalue weighted by Crippen LogP contribution is 2.05. The third-order valence-corrected chi connectivity index (χ3v) is 2.11. The molecule has 1 heterocycles. The molecule has 1 aliphatic rings. The Balaban J connectivity index is 2.34. The van der Waals surface area contributed by atoms with Gasteiger partial charge in [-0.05, 0) is 0 Å². The molecule has 1 atom stereocenters. The summed E-state index contributed by atoms with van der Waals surface area (Å²) in [6, 6.07) is 0.159. The van der Waals surface area contributed by atoms with Crippen molar-refractivity contribution >= 4 is 12.6 Å². The summed E-state index contributed by atoms with van der Waals surface area (Å²) in [6.07, 6.45) is 0. The van der Waals surface area contributed by atoms with Gasteiger partial charge >= 0.3 is 0 Å². The van der Waals surface area contributed by atoms with Crippen molar-refractivity contribution in [1.82, 2.24) is 4.90 Å². The van der Waals surface area contributed by atoms with E-state index < -0.39 is 0 Å². The molecular formula is C6H13NO2S. The molecule has 0 aromatic heterocycles. The van der Waals surface area contributed by atoms with Crippen molar-refractivity contribution in [2.75, 3.05) is 32.2 Å². The van der Waals surface area contributed by atoms with Gasteiger partial charge < -0.3 is 9.84 Å². The van der Waals surface area contributed by atoms with Crippen LogP contribution in [-0.2, 0) is 4.74 Å². The van der Waals surface area contributed by atoms with Gasteiger partial charge in [0.25, 0.3) is 0 Å². The topological polar surface area (TPSA) is 32.7 Å². The van der Waals surface area contributed by atoms with Crippen molar-refractivity contribution < 1.29 is 9.84 Å². The van der Waals surface area contributed by atoms with Gasteiger partial charge in [-0.1, -0.05) is 0 Å². The van der Waals surface area contributed by atoms with Crippen molar-refractivity contribution in [2.24, 2.45) is 0 Å². The smallest absolute Gasteiger partial charge is 0.0645 e. The molecule has 0 aromatic carbocycles. The van der Waals surface area contributed by atoms with Gasteiger partial charge in [0.05, 0.1) is 25.9 Å². The van der Waals surface area contributed by atoms with Crippen LogP contribution in [0.1, 0.15) is 0 Å². The van der Waals surface area contributed by atoms with E-state index in [1.165, 1.54) is 0 Å². The van der Waals surface area contributed by atoms with E-state index in [0.717, 1.165) is 13.2 Å². The zero-order valence-corrected chi connectivity index (χ0v) is 6.76. The maximum absolute atomic E-state index is 8.84. The summed E-state index contributed by atoms with van der Waals surface area (Å²) in [7, 11) is 0. The van der Waals surface area contributed by atoms with Crippen molar-refractivity contribution in [3.05, 3.63) is 0 Å². The Labute approximate surface area is 66.4 Å². The molecule has 1 aliphatic heterocycles. The van der Waals surface area contributed by atoms with Gasteiger partial charge in [-0.3, -0.25) is 4.90 Å². The minimum Gasteiger partial charge on any atom is -0.395 e. The van der Waals surface area contributed by atoms with Gasteiger partial charge in [-0.25, -0.2) is 0 Å². The molecule has 1 fully saturated rings. The average Bonchev–Trinajstić information content (AvgIpc) is 2.04. The molecule has 60 valence electrons. The summed E-state index contributed by atoms with van der Waals surface area (Å²) in [5, 5.41) is 8.84. The Kier molecular flexibility index (Phi) is 3.48. The predicted octanol–water partition coefficient (Wildman–Crippen LogP) is -0.433. The molecule has 10 heavy (non-hydrogen) atoms. The summed E-state index contributed by atoms with van der Waals surface area (Å²) in [5.74, 6) is 0.703. The highest BCUT2D eigenvalue weighted by atomic mass is 32.1. The van der Waals surface area contributed by atoms with E-state index >= 15 is 0 Å². The lowest BCUT2D eigenvalue weighted by atomic mass is 10.2. The number of rotatable bonds is 2. The second kappa shape index (κ2) is 4.18. The van der Waals surface area contributed by atoms with E-state index in [0.29, 0.717) is 12.5 Å². The third kappa shape index (κ3) is 1.85. The van der Waals surface area contributed by atoms with E-state index in [-0.39, 0.29) is 12.6 Å². The molecule has 0 aliphatic carbocycles. The summed E-state index contributed by atoms with van der Waals surface area (Å²) in [4.78, 5) is 2.10. The number of aliphatic hydroxyl groups excluding tert-OH is 1. The maximum Gasteiger partial charge on any atom is 0.0645 e. The van der Waals surface area contributed by atoms with Crippen molar-refractivity contribution in [1.29, 1.82) is 0 Å².